The molecule has 2 aromatic rings. The summed E-state index contributed by atoms with van der Waals surface area (Å²) in [5.41, 5.74) is 4.87. The molecule has 1 saturated heterocycles. The molecule has 26 heavy (non-hydrogen) atoms. The topological polar surface area (TPSA) is 44.3 Å². The van der Waals surface area contributed by atoms with E-state index in [1.807, 2.05) is 13.0 Å². The number of nitrogens with one attached hydrogen (secondary N) is 1. The molecule has 1 aliphatic rings. The van der Waals surface area contributed by atoms with E-state index in [-0.39, 0.29) is 0 Å². The average Bonchev–Trinajstić information content (AvgIpc) is 2.67. The minimum Gasteiger partial charge on any atom is -0.340 e. The Morgan fingerprint density at radius 3 is 2.19 bits per heavy atom. The van der Waals surface area contributed by atoms with Gasteiger partial charge in [0.15, 0.2) is 0 Å². The number of anilines is 3. The van der Waals surface area contributed by atoms with E-state index >= 15 is 0 Å². The van der Waals surface area contributed by atoms with Crippen LogP contribution in [0.5, 0.6) is 0 Å². The zero-order chi connectivity index (χ0) is 18.5. The molecule has 0 aliphatic carbocycles. The highest BCUT2D eigenvalue weighted by Gasteiger charge is 2.19. The molecule has 1 N–H and O–H groups in total. The highest BCUT2D eigenvalue weighted by atomic mass is 15.3. The molecule has 3 rings (SSSR count). The Labute approximate surface area is 157 Å². The maximum atomic E-state index is 4.84. The maximum Gasteiger partial charge on any atom is 0.227 e. The van der Waals surface area contributed by atoms with Gasteiger partial charge in [0.25, 0.3) is 0 Å². The van der Waals surface area contributed by atoms with E-state index in [4.69, 9.17) is 9.97 Å². The standard InChI is InChI=1S/C21H31N5/c1-5-17-9-8-10-18(6-2)20(17)23-19-15-16(4)22-21(24-19)26-13-11-25(7-3)12-14-26/h8-10,15H,5-7,11-14H2,1-4H3,(H,22,23,24). The van der Waals surface area contributed by atoms with Crippen molar-refractivity contribution in [2.45, 2.75) is 40.5 Å². The fraction of sp³-hybridized carbons (Fsp3) is 0.524. The van der Waals surface area contributed by atoms with E-state index in [1.54, 1.807) is 0 Å². The first-order chi connectivity index (χ1) is 12.6. The fourth-order valence-electron chi connectivity index (χ4n) is 3.55. The van der Waals surface area contributed by atoms with Gasteiger partial charge in [0, 0.05) is 43.6 Å². The molecule has 1 aromatic carbocycles. The number of piperazine rings is 1. The molecule has 0 amide bonds. The lowest BCUT2D eigenvalue weighted by Crippen LogP contribution is -2.46. The summed E-state index contributed by atoms with van der Waals surface area (Å²) < 4.78 is 0. The number of aromatic nitrogens is 2. The minimum absolute atomic E-state index is 0.843. The predicted molar refractivity (Wildman–Crippen MR) is 110 cm³/mol. The van der Waals surface area contributed by atoms with Crippen molar-refractivity contribution in [3.8, 4) is 0 Å². The zero-order valence-corrected chi connectivity index (χ0v) is 16.5. The first kappa shape index (κ1) is 18.6. The van der Waals surface area contributed by atoms with E-state index in [1.165, 1.54) is 16.8 Å². The van der Waals surface area contributed by atoms with Crippen LogP contribution in [0.3, 0.4) is 0 Å². The van der Waals surface area contributed by atoms with Gasteiger partial charge in [0.05, 0.1) is 0 Å². The first-order valence-corrected chi connectivity index (χ1v) is 9.85. The fourth-order valence-corrected chi connectivity index (χ4v) is 3.55. The third-order valence-electron chi connectivity index (χ3n) is 5.20. The Balaban J connectivity index is 1.85. The van der Waals surface area contributed by atoms with Crippen LogP contribution in [-0.2, 0) is 12.8 Å². The SMILES string of the molecule is CCc1cccc(CC)c1Nc1cc(C)nc(N2CCN(CC)CC2)n1. The van der Waals surface area contributed by atoms with Crippen LogP contribution in [-0.4, -0.2) is 47.6 Å². The number of hydrogen-bond donors (Lipinski definition) is 1. The summed E-state index contributed by atoms with van der Waals surface area (Å²) in [5, 5.41) is 3.60. The van der Waals surface area contributed by atoms with Crippen LogP contribution in [0.25, 0.3) is 0 Å². The van der Waals surface area contributed by atoms with Crippen LogP contribution in [0.15, 0.2) is 24.3 Å². The number of hydrogen-bond acceptors (Lipinski definition) is 5. The Morgan fingerprint density at radius 1 is 0.962 bits per heavy atom. The molecule has 2 heterocycles. The second-order valence-corrected chi connectivity index (χ2v) is 6.90. The lowest BCUT2D eigenvalue weighted by Gasteiger charge is -2.34. The molecule has 0 bridgehead atoms. The van der Waals surface area contributed by atoms with Crippen molar-refractivity contribution in [3.63, 3.8) is 0 Å². The molecule has 1 aromatic heterocycles. The van der Waals surface area contributed by atoms with Gasteiger partial charge < -0.3 is 15.1 Å². The van der Waals surface area contributed by atoms with Crippen LogP contribution >= 0.6 is 0 Å². The maximum absolute atomic E-state index is 4.84. The number of likely N-dealkylation sites (N-methyl/N-ethyl adjacent to an activating group) is 1. The summed E-state index contributed by atoms with van der Waals surface area (Å²) in [6.45, 7) is 13.9. The number of aryl methyl sites for hydroxylation is 3. The molecule has 0 spiro atoms. The van der Waals surface area contributed by atoms with Gasteiger partial charge >= 0.3 is 0 Å². The van der Waals surface area contributed by atoms with Crippen molar-refractivity contribution >= 4 is 17.5 Å². The summed E-state index contributed by atoms with van der Waals surface area (Å²) in [4.78, 5) is 14.3. The summed E-state index contributed by atoms with van der Waals surface area (Å²) >= 11 is 0. The van der Waals surface area contributed by atoms with Crippen LogP contribution < -0.4 is 10.2 Å². The monoisotopic (exact) mass is 353 g/mol. The summed E-state index contributed by atoms with van der Waals surface area (Å²) in [5.74, 6) is 1.73. The highest BCUT2D eigenvalue weighted by molar-refractivity contribution is 5.66. The first-order valence-electron chi connectivity index (χ1n) is 9.85. The third-order valence-corrected chi connectivity index (χ3v) is 5.20. The summed E-state index contributed by atoms with van der Waals surface area (Å²) in [7, 11) is 0. The number of para-hydroxylation sites is 1. The predicted octanol–water partition coefficient (Wildman–Crippen LogP) is 3.80. The molecular formula is C21H31N5. The van der Waals surface area contributed by atoms with Crippen molar-refractivity contribution in [1.29, 1.82) is 0 Å². The molecule has 5 heteroatoms. The minimum atomic E-state index is 0.843. The molecule has 0 saturated carbocycles. The van der Waals surface area contributed by atoms with Gasteiger partial charge in [0.2, 0.25) is 5.95 Å². The van der Waals surface area contributed by atoms with E-state index < -0.39 is 0 Å². The van der Waals surface area contributed by atoms with Crippen molar-refractivity contribution in [1.82, 2.24) is 14.9 Å². The van der Waals surface area contributed by atoms with Crippen LogP contribution in [0.2, 0.25) is 0 Å². The highest BCUT2D eigenvalue weighted by Crippen LogP contribution is 2.27. The molecule has 1 aliphatic heterocycles. The largest absolute Gasteiger partial charge is 0.340 e. The smallest absolute Gasteiger partial charge is 0.227 e. The molecule has 0 atom stereocenters. The van der Waals surface area contributed by atoms with Gasteiger partial charge in [-0.05, 0) is 37.4 Å². The van der Waals surface area contributed by atoms with Crippen molar-refractivity contribution in [2.75, 3.05) is 42.9 Å². The van der Waals surface area contributed by atoms with E-state index in [0.29, 0.717) is 0 Å². The molecule has 5 nitrogen and oxygen atoms in total. The van der Waals surface area contributed by atoms with Crippen molar-refractivity contribution in [3.05, 3.63) is 41.1 Å². The van der Waals surface area contributed by atoms with Gasteiger partial charge in [0.1, 0.15) is 5.82 Å². The van der Waals surface area contributed by atoms with Crippen LogP contribution in [0.4, 0.5) is 17.5 Å². The van der Waals surface area contributed by atoms with E-state index in [2.05, 4.69) is 54.1 Å². The second kappa shape index (κ2) is 8.49. The molecule has 1 fully saturated rings. The number of nitrogens with zero attached hydrogens (tertiary/aromatic N) is 4. The van der Waals surface area contributed by atoms with Gasteiger partial charge in [-0.3, -0.25) is 0 Å². The Bertz CT molecular complexity index is 713. The Morgan fingerprint density at radius 2 is 1.62 bits per heavy atom. The Kier molecular flexibility index (Phi) is 6.09. The molecule has 140 valence electrons. The second-order valence-electron chi connectivity index (χ2n) is 6.90. The lowest BCUT2D eigenvalue weighted by atomic mass is 10.0. The van der Waals surface area contributed by atoms with Gasteiger partial charge in [-0.15, -0.1) is 0 Å². The van der Waals surface area contributed by atoms with Crippen LogP contribution in [0.1, 0.15) is 37.6 Å². The van der Waals surface area contributed by atoms with E-state index in [0.717, 1.165) is 63.0 Å². The molecular weight excluding hydrogens is 322 g/mol. The molecule has 0 unspecified atom stereocenters. The third kappa shape index (κ3) is 4.15. The number of rotatable bonds is 6. The quantitative estimate of drug-likeness (QED) is 0.856. The average molecular weight is 354 g/mol. The van der Waals surface area contributed by atoms with Gasteiger partial charge in [-0.25, -0.2) is 4.98 Å². The van der Waals surface area contributed by atoms with Gasteiger partial charge in [-0.2, -0.15) is 4.98 Å². The Hall–Kier alpha value is -2.14. The summed E-state index contributed by atoms with van der Waals surface area (Å²) in [6.07, 6.45) is 2.01. The number of benzene rings is 1. The van der Waals surface area contributed by atoms with Gasteiger partial charge in [-0.1, -0.05) is 39.0 Å². The van der Waals surface area contributed by atoms with E-state index in [9.17, 15) is 0 Å². The zero-order valence-electron chi connectivity index (χ0n) is 16.5. The summed E-state index contributed by atoms with van der Waals surface area (Å²) in [6, 6.07) is 8.57. The van der Waals surface area contributed by atoms with Crippen LogP contribution in [0, 0.1) is 6.92 Å². The van der Waals surface area contributed by atoms with Crippen molar-refractivity contribution < 1.29 is 0 Å². The normalized spacial score (nSPS) is 15.3. The lowest BCUT2D eigenvalue weighted by molar-refractivity contribution is 0.270. The van der Waals surface area contributed by atoms with Crippen molar-refractivity contribution in [2.24, 2.45) is 0 Å². The molecule has 0 radical (unpaired) electrons.